The van der Waals surface area contributed by atoms with Crippen molar-refractivity contribution >= 4 is 12.2 Å². The number of aryl methyl sites for hydroxylation is 1. The largest absolute Gasteiger partial charge is 0.372 e. The standard InChI is InChI=1S/C20H22O/c1-13(2)9-18-11-21-12-20(17(6)16(18)5)19-8-7-14(3)10-15(19)4/h7-10H,1,4-6,11-12H2,2-3H3/b18-9-,20-19-. The second kappa shape index (κ2) is 6.11. The molecule has 1 aromatic rings. The maximum absolute atomic E-state index is 5.81. The third-order valence-corrected chi connectivity index (χ3v) is 3.63. The van der Waals surface area contributed by atoms with Gasteiger partial charge in [-0.15, -0.1) is 0 Å². The monoisotopic (exact) mass is 278 g/mol. The van der Waals surface area contributed by atoms with E-state index < -0.39 is 0 Å². The van der Waals surface area contributed by atoms with Crippen molar-refractivity contribution in [1.82, 2.24) is 0 Å². The molecule has 1 aliphatic heterocycles. The van der Waals surface area contributed by atoms with Gasteiger partial charge in [-0.05, 0) is 46.6 Å². The number of allylic oxidation sites excluding steroid dienone is 2. The summed E-state index contributed by atoms with van der Waals surface area (Å²) in [7, 11) is 0. The van der Waals surface area contributed by atoms with Crippen molar-refractivity contribution < 1.29 is 4.74 Å². The Morgan fingerprint density at radius 2 is 1.86 bits per heavy atom. The van der Waals surface area contributed by atoms with Gasteiger partial charge in [-0.1, -0.05) is 61.7 Å². The molecule has 1 aliphatic rings. The van der Waals surface area contributed by atoms with E-state index in [9.17, 15) is 0 Å². The van der Waals surface area contributed by atoms with E-state index in [2.05, 4.69) is 51.4 Å². The van der Waals surface area contributed by atoms with Crippen LogP contribution in [0.1, 0.15) is 12.5 Å². The van der Waals surface area contributed by atoms with Gasteiger partial charge in [0.15, 0.2) is 0 Å². The van der Waals surface area contributed by atoms with Crippen LogP contribution in [0.3, 0.4) is 0 Å². The van der Waals surface area contributed by atoms with Gasteiger partial charge in [0.05, 0.1) is 13.2 Å². The molecule has 0 unspecified atom stereocenters. The Bertz CT molecular complexity index is 760. The van der Waals surface area contributed by atoms with Crippen LogP contribution in [0.25, 0.3) is 12.2 Å². The zero-order valence-corrected chi connectivity index (χ0v) is 13.0. The third-order valence-electron chi connectivity index (χ3n) is 3.63. The fraction of sp³-hybridized carbons (Fsp3) is 0.200. The van der Waals surface area contributed by atoms with E-state index in [0.717, 1.165) is 38.3 Å². The number of rotatable bonds is 1. The first-order valence-corrected chi connectivity index (χ1v) is 7.01. The second-order valence-corrected chi connectivity index (χ2v) is 5.60. The average Bonchev–Trinajstić information content (AvgIpc) is 2.53. The van der Waals surface area contributed by atoms with Crippen molar-refractivity contribution in [3.63, 3.8) is 0 Å². The minimum Gasteiger partial charge on any atom is -0.372 e. The lowest BCUT2D eigenvalue weighted by molar-refractivity contribution is 0.196. The highest BCUT2D eigenvalue weighted by Gasteiger charge is 2.17. The molecule has 0 spiro atoms. The predicted octanol–water partition coefficient (Wildman–Crippen LogP) is 3.20. The molecule has 1 fully saturated rings. The quantitative estimate of drug-likeness (QED) is 0.766. The summed E-state index contributed by atoms with van der Waals surface area (Å²) in [4.78, 5) is 0. The summed E-state index contributed by atoms with van der Waals surface area (Å²) in [5.74, 6) is 0. The molecule has 21 heavy (non-hydrogen) atoms. The van der Waals surface area contributed by atoms with Crippen LogP contribution in [-0.2, 0) is 4.74 Å². The lowest BCUT2D eigenvalue weighted by Gasteiger charge is -2.10. The highest BCUT2D eigenvalue weighted by molar-refractivity contribution is 5.75. The van der Waals surface area contributed by atoms with Crippen LogP contribution >= 0.6 is 0 Å². The molecule has 0 N–H and O–H groups in total. The first kappa shape index (κ1) is 15.3. The number of benzene rings is 1. The Morgan fingerprint density at radius 1 is 1.14 bits per heavy atom. The Kier molecular flexibility index (Phi) is 4.44. The first-order chi connectivity index (χ1) is 9.90. The lowest BCUT2D eigenvalue weighted by Crippen LogP contribution is -2.27. The molecule has 0 saturated carbocycles. The van der Waals surface area contributed by atoms with Crippen LogP contribution < -0.4 is 10.4 Å². The molecule has 0 radical (unpaired) electrons. The van der Waals surface area contributed by atoms with Crippen molar-refractivity contribution in [2.75, 3.05) is 13.2 Å². The Balaban J connectivity index is 2.59. The van der Waals surface area contributed by atoms with E-state index in [1.807, 2.05) is 13.0 Å². The van der Waals surface area contributed by atoms with Gasteiger partial charge in [-0.2, -0.15) is 0 Å². The van der Waals surface area contributed by atoms with Gasteiger partial charge in [-0.3, -0.25) is 0 Å². The minimum absolute atomic E-state index is 0.525. The molecule has 1 saturated heterocycles. The Hall–Kier alpha value is -2.12. The minimum atomic E-state index is 0.525. The smallest absolute Gasteiger partial charge is 0.0733 e. The van der Waals surface area contributed by atoms with Crippen LogP contribution in [0.15, 0.2) is 66.3 Å². The third kappa shape index (κ3) is 3.32. The van der Waals surface area contributed by atoms with Crippen molar-refractivity contribution in [1.29, 1.82) is 0 Å². The van der Waals surface area contributed by atoms with Crippen molar-refractivity contribution in [2.45, 2.75) is 13.8 Å². The lowest BCUT2D eigenvalue weighted by atomic mass is 9.93. The van der Waals surface area contributed by atoms with Gasteiger partial charge in [0.2, 0.25) is 0 Å². The maximum atomic E-state index is 5.81. The summed E-state index contributed by atoms with van der Waals surface area (Å²) in [6.07, 6.45) is 2.01. The fourth-order valence-electron chi connectivity index (χ4n) is 2.50. The van der Waals surface area contributed by atoms with Crippen LogP contribution in [0, 0.1) is 6.92 Å². The highest BCUT2D eigenvalue weighted by Crippen LogP contribution is 2.27. The van der Waals surface area contributed by atoms with Gasteiger partial charge in [0.25, 0.3) is 0 Å². The Morgan fingerprint density at radius 3 is 2.48 bits per heavy atom. The van der Waals surface area contributed by atoms with Gasteiger partial charge in [0.1, 0.15) is 0 Å². The van der Waals surface area contributed by atoms with Crippen molar-refractivity contribution in [3.05, 3.63) is 82.3 Å². The second-order valence-electron chi connectivity index (χ2n) is 5.60. The summed E-state index contributed by atoms with van der Waals surface area (Å²) in [6, 6.07) is 6.25. The molecule has 0 aromatic heterocycles. The number of hydrogen-bond acceptors (Lipinski definition) is 1. The van der Waals surface area contributed by atoms with Gasteiger partial charge in [-0.25, -0.2) is 0 Å². The molecule has 0 atom stereocenters. The summed E-state index contributed by atoms with van der Waals surface area (Å²) in [5, 5.41) is 2.08. The van der Waals surface area contributed by atoms with E-state index in [-0.39, 0.29) is 0 Å². The SMILES string of the molecule is C=C(C)/C=C1/COC/C(=c2\ccc(C)cc2=C)C(=C)C1=C. The van der Waals surface area contributed by atoms with Gasteiger partial charge < -0.3 is 4.74 Å². The van der Waals surface area contributed by atoms with Crippen LogP contribution in [0.4, 0.5) is 0 Å². The topological polar surface area (TPSA) is 9.23 Å². The fourth-order valence-corrected chi connectivity index (χ4v) is 2.50. The molecule has 0 bridgehead atoms. The average molecular weight is 278 g/mol. The molecule has 108 valence electrons. The molecule has 1 aromatic carbocycles. The zero-order chi connectivity index (χ0) is 15.6. The van der Waals surface area contributed by atoms with Crippen molar-refractivity contribution in [2.24, 2.45) is 0 Å². The number of hydrogen-bond donors (Lipinski definition) is 0. The Labute approximate surface area is 127 Å². The van der Waals surface area contributed by atoms with Crippen molar-refractivity contribution in [3.8, 4) is 0 Å². The van der Waals surface area contributed by atoms with E-state index in [1.165, 1.54) is 5.56 Å². The van der Waals surface area contributed by atoms with Crippen LogP contribution in [-0.4, -0.2) is 13.2 Å². The molecular formula is C20H22O. The molecule has 0 aliphatic carbocycles. The summed E-state index contributed by atoms with van der Waals surface area (Å²) >= 11 is 0. The first-order valence-electron chi connectivity index (χ1n) is 7.01. The molecule has 1 heteroatoms. The van der Waals surface area contributed by atoms with E-state index in [1.54, 1.807) is 0 Å². The van der Waals surface area contributed by atoms with Crippen LogP contribution in [0.5, 0.6) is 0 Å². The van der Waals surface area contributed by atoms with Gasteiger partial charge >= 0.3 is 0 Å². The van der Waals surface area contributed by atoms with Crippen LogP contribution in [0.2, 0.25) is 0 Å². The zero-order valence-electron chi connectivity index (χ0n) is 13.0. The maximum Gasteiger partial charge on any atom is 0.0733 e. The summed E-state index contributed by atoms with van der Waals surface area (Å²) < 4.78 is 5.81. The molecule has 1 nitrogen and oxygen atoms in total. The summed E-state index contributed by atoms with van der Waals surface area (Å²) in [5.41, 5.74) is 6.14. The molecule has 0 amide bonds. The van der Waals surface area contributed by atoms with Gasteiger partial charge in [0, 0.05) is 0 Å². The molecule has 1 heterocycles. The molecular weight excluding hydrogens is 256 g/mol. The predicted molar refractivity (Wildman–Crippen MR) is 91.4 cm³/mol. The highest BCUT2D eigenvalue weighted by atomic mass is 16.5. The van der Waals surface area contributed by atoms with E-state index >= 15 is 0 Å². The number of ether oxygens (including phenoxy) is 1. The molecule has 2 rings (SSSR count). The summed E-state index contributed by atoms with van der Waals surface area (Å²) in [6.45, 7) is 21.5. The van der Waals surface area contributed by atoms with E-state index in [4.69, 9.17) is 4.74 Å². The normalized spacial score (nSPS) is 20.6. The van der Waals surface area contributed by atoms with E-state index in [0.29, 0.717) is 13.2 Å².